The zero-order valence-electron chi connectivity index (χ0n) is 12.4. The third-order valence-corrected chi connectivity index (χ3v) is 3.84. The fraction of sp³-hybridized carbons (Fsp3) is 0.933. The first-order valence-corrected chi connectivity index (χ1v) is 7.62. The van der Waals surface area contributed by atoms with Crippen molar-refractivity contribution in [2.45, 2.75) is 52.9 Å². The van der Waals surface area contributed by atoms with Crippen LogP contribution in [-0.4, -0.2) is 37.0 Å². The van der Waals surface area contributed by atoms with Gasteiger partial charge in [0.25, 0.3) is 0 Å². The third-order valence-electron chi connectivity index (χ3n) is 3.84. The van der Waals surface area contributed by atoms with Crippen molar-refractivity contribution < 1.29 is 4.79 Å². The molecule has 106 valence electrons. The normalized spacial score (nSPS) is 21.4. The Morgan fingerprint density at radius 2 is 2.17 bits per heavy atom. The van der Waals surface area contributed by atoms with E-state index in [2.05, 4.69) is 31.0 Å². The van der Waals surface area contributed by atoms with Gasteiger partial charge >= 0.3 is 0 Å². The summed E-state index contributed by atoms with van der Waals surface area (Å²) in [5.41, 5.74) is 0. The Hall–Kier alpha value is -0.570. The molecule has 0 saturated carbocycles. The Morgan fingerprint density at radius 1 is 1.39 bits per heavy atom. The summed E-state index contributed by atoms with van der Waals surface area (Å²) in [6.45, 7) is 10.7. The van der Waals surface area contributed by atoms with Gasteiger partial charge in [-0.2, -0.15) is 0 Å². The predicted molar refractivity (Wildman–Crippen MR) is 76.5 cm³/mol. The molecule has 0 aromatic rings. The summed E-state index contributed by atoms with van der Waals surface area (Å²) < 4.78 is 0. The predicted octanol–water partition coefficient (Wildman–Crippen LogP) is 2.66. The lowest BCUT2D eigenvalue weighted by atomic mass is 9.98. The quantitative estimate of drug-likeness (QED) is 0.708. The molecule has 0 bridgehead atoms. The van der Waals surface area contributed by atoms with E-state index in [0.29, 0.717) is 11.8 Å². The van der Waals surface area contributed by atoms with E-state index in [1.807, 2.05) is 0 Å². The molecule has 1 saturated heterocycles. The highest BCUT2D eigenvalue weighted by Crippen LogP contribution is 2.20. The third kappa shape index (κ3) is 5.85. The van der Waals surface area contributed by atoms with Gasteiger partial charge in [0.15, 0.2) is 0 Å². The maximum absolute atomic E-state index is 12.0. The smallest absolute Gasteiger partial charge is 0.222 e. The van der Waals surface area contributed by atoms with Crippen LogP contribution in [0.25, 0.3) is 0 Å². The maximum atomic E-state index is 12.0. The van der Waals surface area contributed by atoms with Crippen LogP contribution in [-0.2, 0) is 4.79 Å². The van der Waals surface area contributed by atoms with E-state index in [0.717, 1.165) is 51.4 Å². The molecular weight excluding hydrogens is 224 g/mol. The number of carbonyl (C=O) groups is 1. The Labute approximate surface area is 112 Å². The van der Waals surface area contributed by atoms with Crippen LogP contribution in [0.3, 0.4) is 0 Å². The van der Waals surface area contributed by atoms with E-state index in [1.165, 1.54) is 12.8 Å². The number of amides is 1. The molecule has 1 rings (SSSR count). The van der Waals surface area contributed by atoms with Crippen LogP contribution < -0.4 is 5.32 Å². The second kappa shape index (κ2) is 8.52. The monoisotopic (exact) mass is 254 g/mol. The van der Waals surface area contributed by atoms with Gasteiger partial charge in [0.05, 0.1) is 0 Å². The van der Waals surface area contributed by atoms with Gasteiger partial charge in [-0.15, -0.1) is 0 Å². The van der Waals surface area contributed by atoms with Crippen molar-refractivity contribution in [3.63, 3.8) is 0 Å². The standard InChI is InChI=1S/C15H30N2O/c1-4-14-6-7-15(18)17(11-8-14)10-5-9-16-12-13(2)3/h13-14,16H,4-12H2,1-3H3. The fourth-order valence-corrected chi connectivity index (χ4v) is 2.52. The molecule has 1 N–H and O–H groups in total. The van der Waals surface area contributed by atoms with Crippen molar-refractivity contribution in [2.24, 2.45) is 11.8 Å². The highest BCUT2D eigenvalue weighted by atomic mass is 16.2. The SMILES string of the molecule is CCC1CCC(=O)N(CCCNCC(C)C)CC1. The summed E-state index contributed by atoms with van der Waals surface area (Å²) in [4.78, 5) is 14.0. The molecule has 3 heteroatoms. The molecule has 1 atom stereocenters. The average Bonchev–Trinajstić information content (AvgIpc) is 2.51. The molecule has 3 nitrogen and oxygen atoms in total. The van der Waals surface area contributed by atoms with Crippen LogP contribution in [0.5, 0.6) is 0 Å². The van der Waals surface area contributed by atoms with E-state index in [9.17, 15) is 4.79 Å². The summed E-state index contributed by atoms with van der Waals surface area (Å²) in [5, 5.41) is 3.44. The molecule has 1 fully saturated rings. The first-order valence-electron chi connectivity index (χ1n) is 7.62. The number of nitrogens with zero attached hydrogens (tertiary/aromatic N) is 1. The van der Waals surface area contributed by atoms with Crippen LogP contribution in [0.2, 0.25) is 0 Å². The first-order chi connectivity index (χ1) is 8.63. The highest BCUT2D eigenvalue weighted by Gasteiger charge is 2.20. The topological polar surface area (TPSA) is 32.3 Å². The molecule has 0 radical (unpaired) electrons. The van der Waals surface area contributed by atoms with Crippen LogP contribution in [0.4, 0.5) is 0 Å². The van der Waals surface area contributed by atoms with Gasteiger partial charge < -0.3 is 10.2 Å². The first kappa shape index (κ1) is 15.5. The van der Waals surface area contributed by atoms with Crippen molar-refractivity contribution >= 4 is 5.91 Å². The Morgan fingerprint density at radius 3 is 2.83 bits per heavy atom. The summed E-state index contributed by atoms with van der Waals surface area (Å²) in [5.74, 6) is 1.84. The molecule has 1 aliphatic rings. The molecule has 0 aromatic carbocycles. The minimum Gasteiger partial charge on any atom is -0.343 e. The number of carbonyl (C=O) groups excluding carboxylic acids is 1. The second-order valence-electron chi connectivity index (χ2n) is 5.93. The summed E-state index contributed by atoms with van der Waals surface area (Å²) in [6, 6.07) is 0. The molecule has 0 aliphatic carbocycles. The van der Waals surface area contributed by atoms with Gasteiger partial charge in [-0.05, 0) is 44.2 Å². The minimum atomic E-state index is 0.370. The van der Waals surface area contributed by atoms with Crippen LogP contribution in [0.1, 0.15) is 52.9 Å². The maximum Gasteiger partial charge on any atom is 0.222 e. The van der Waals surface area contributed by atoms with Crippen LogP contribution in [0.15, 0.2) is 0 Å². The number of nitrogens with one attached hydrogen (secondary N) is 1. The van der Waals surface area contributed by atoms with Crippen molar-refractivity contribution in [1.82, 2.24) is 10.2 Å². The molecule has 1 heterocycles. The lowest BCUT2D eigenvalue weighted by Gasteiger charge is -2.21. The molecule has 1 amide bonds. The van der Waals surface area contributed by atoms with Gasteiger partial charge in [-0.1, -0.05) is 27.2 Å². The number of hydrogen-bond acceptors (Lipinski definition) is 2. The molecule has 1 unspecified atom stereocenters. The average molecular weight is 254 g/mol. The Balaban J connectivity index is 2.18. The summed E-state index contributed by atoms with van der Waals surface area (Å²) in [7, 11) is 0. The van der Waals surface area contributed by atoms with E-state index < -0.39 is 0 Å². The zero-order valence-corrected chi connectivity index (χ0v) is 12.4. The second-order valence-corrected chi connectivity index (χ2v) is 5.93. The minimum absolute atomic E-state index is 0.370. The van der Waals surface area contributed by atoms with Gasteiger partial charge in [-0.3, -0.25) is 4.79 Å². The van der Waals surface area contributed by atoms with E-state index in [1.54, 1.807) is 0 Å². The lowest BCUT2D eigenvalue weighted by molar-refractivity contribution is -0.130. The molecule has 1 aliphatic heterocycles. The van der Waals surface area contributed by atoms with E-state index in [4.69, 9.17) is 0 Å². The number of likely N-dealkylation sites (tertiary alicyclic amines) is 1. The Bertz CT molecular complexity index is 241. The molecule has 0 aromatic heterocycles. The van der Waals surface area contributed by atoms with Crippen molar-refractivity contribution in [3.05, 3.63) is 0 Å². The van der Waals surface area contributed by atoms with E-state index >= 15 is 0 Å². The summed E-state index contributed by atoms with van der Waals surface area (Å²) >= 11 is 0. The molecule has 0 spiro atoms. The zero-order chi connectivity index (χ0) is 13.4. The van der Waals surface area contributed by atoms with Crippen molar-refractivity contribution in [3.8, 4) is 0 Å². The number of rotatable bonds is 7. The summed E-state index contributed by atoms with van der Waals surface area (Å²) in [6.07, 6.45) is 5.35. The molecule has 18 heavy (non-hydrogen) atoms. The van der Waals surface area contributed by atoms with Gasteiger partial charge in [-0.25, -0.2) is 0 Å². The Kier molecular flexibility index (Phi) is 7.33. The molecular formula is C15H30N2O. The van der Waals surface area contributed by atoms with Gasteiger partial charge in [0.2, 0.25) is 5.91 Å². The largest absolute Gasteiger partial charge is 0.343 e. The lowest BCUT2D eigenvalue weighted by Crippen LogP contribution is -2.33. The van der Waals surface area contributed by atoms with Gasteiger partial charge in [0.1, 0.15) is 0 Å². The highest BCUT2D eigenvalue weighted by molar-refractivity contribution is 5.76. The van der Waals surface area contributed by atoms with Gasteiger partial charge in [0, 0.05) is 19.5 Å². The van der Waals surface area contributed by atoms with E-state index in [-0.39, 0.29) is 0 Å². The van der Waals surface area contributed by atoms with Crippen LogP contribution in [0, 0.1) is 11.8 Å². The fourth-order valence-electron chi connectivity index (χ4n) is 2.52. The van der Waals surface area contributed by atoms with Crippen molar-refractivity contribution in [1.29, 1.82) is 0 Å². The van der Waals surface area contributed by atoms with Crippen molar-refractivity contribution in [2.75, 3.05) is 26.2 Å². The van der Waals surface area contributed by atoms with Crippen LogP contribution >= 0.6 is 0 Å². The number of hydrogen-bond donors (Lipinski definition) is 1.